The van der Waals surface area contributed by atoms with Crippen LogP contribution in [-0.2, 0) is 6.54 Å². The van der Waals surface area contributed by atoms with E-state index in [0.29, 0.717) is 24.3 Å². The van der Waals surface area contributed by atoms with E-state index in [4.69, 9.17) is 0 Å². The van der Waals surface area contributed by atoms with Crippen LogP contribution < -0.4 is 0 Å². The molecule has 130 valence electrons. The minimum atomic E-state index is -0.107. The average Bonchev–Trinajstić information content (AvgIpc) is 3.35. The second-order valence-electron chi connectivity index (χ2n) is 5.99. The molecule has 7 nitrogen and oxygen atoms in total. The van der Waals surface area contributed by atoms with Gasteiger partial charge in [0, 0.05) is 37.7 Å². The van der Waals surface area contributed by atoms with Gasteiger partial charge in [-0.25, -0.2) is 9.50 Å². The maximum atomic E-state index is 12.8. The van der Waals surface area contributed by atoms with E-state index in [1.165, 1.54) is 0 Å². The molecule has 0 aliphatic rings. The molecule has 0 radical (unpaired) electrons. The van der Waals surface area contributed by atoms with E-state index in [1.807, 2.05) is 48.7 Å². The summed E-state index contributed by atoms with van der Waals surface area (Å²) in [5.41, 5.74) is 2.97. The number of hydrogen-bond acceptors (Lipinski definition) is 4. The summed E-state index contributed by atoms with van der Waals surface area (Å²) in [4.78, 5) is 18.9. The lowest BCUT2D eigenvalue weighted by Crippen LogP contribution is -2.30. The lowest BCUT2D eigenvalue weighted by atomic mass is 10.1. The lowest BCUT2D eigenvalue weighted by Gasteiger charge is -2.16. The summed E-state index contributed by atoms with van der Waals surface area (Å²) in [6.45, 7) is 1.19. The molecule has 0 N–H and O–H groups in total. The van der Waals surface area contributed by atoms with E-state index in [1.54, 1.807) is 39.7 Å². The quantitative estimate of drug-likeness (QED) is 0.556. The highest BCUT2D eigenvalue weighted by Gasteiger charge is 2.19. The molecule has 0 unspecified atom stereocenters. The number of carbonyl (C=O) groups excluding carboxylic acids is 1. The molecular formula is C19H18N6O. The first-order chi connectivity index (χ1) is 12.7. The molecule has 0 aliphatic heterocycles. The topological polar surface area (TPSA) is 68.3 Å². The van der Waals surface area contributed by atoms with Crippen LogP contribution in [0.25, 0.3) is 16.9 Å². The number of carbonyl (C=O) groups is 1. The maximum absolute atomic E-state index is 12.8. The summed E-state index contributed by atoms with van der Waals surface area (Å²) >= 11 is 0. The predicted octanol–water partition coefficient (Wildman–Crippen LogP) is 2.37. The number of rotatable bonds is 5. The molecule has 0 aliphatic carbocycles. The van der Waals surface area contributed by atoms with E-state index in [9.17, 15) is 4.79 Å². The van der Waals surface area contributed by atoms with Gasteiger partial charge in [-0.2, -0.15) is 10.2 Å². The van der Waals surface area contributed by atoms with Crippen molar-refractivity contribution in [2.45, 2.75) is 6.54 Å². The number of amides is 1. The van der Waals surface area contributed by atoms with Gasteiger partial charge >= 0.3 is 0 Å². The van der Waals surface area contributed by atoms with Crippen LogP contribution in [0.1, 0.15) is 10.4 Å². The van der Waals surface area contributed by atoms with Crippen LogP contribution in [0.5, 0.6) is 0 Å². The molecule has 0 saturated heterocycles. The first-order valence-electron chi connectivity index (χ1n) is 8.35. The fourth-order valence-electron chi connectivity index (χ4n) is 2.86. The maximum Gasteiger partial charge on any atom is 0.259 e. The van der Waals surface area contributed by atoms with Gasteiger partial charge in [0.2, 0.25) is 0 Å². The Hall–Kier alpha value is -3.48. The number of fused-ring (bicyclic) bond motifs is 1. The average molecular weight is 346 g/mol. The molecule has 0 saturated carbocycles. The predicted molar refractivity (Wildman–Crippen MR) is 97.6 cm³/mol. The third kappa shape index (κ3) is 2.95. The standard InChI is InChI=1S/C19H18N6O/c1-23(12-13-24-11-5-9-21-24)19(26)16-14-22-25-17(8-10-20-18(16)25)15-6-3-2-4-7-15/h2-11,14H,12-13H2,1H3. The molecule has 1 aromatic carbocycles. The van der Waals surface area contributed by atoms with Gasteiger partial charge in [0.1, 0.15) is 5.56 Å². The lowest BCUT2D eigenvalue weighted by molar-refractivity contribution is 0.0790. The number of likely N-dealkylation sites (N-methyl/N-ethyl adjacent to an activating group) is 1. The summed E-state index contributed by atoms with van der Waals surface area (Å²) in [7, 11) is 1.77. The Bertz CT molecular complexity index is 1020. The molecule has 0 spiro atoms. The van der Waals surface area contributed by atoms with Crippen LogP contribution in [0.3, 0.4) is 0 Å². The first-order valence-corrected chi connectivity index (χ1v) is 8.35. The van der Waals surface area contributed by atoms with Crippen molar-refractivity contribution in [1.82, 2.24) is 29.3 Å². The van der Waals surface area contributed by atoms with Crippen molar-refractivity contribution < 1.29 is 4.79 Å². The number of nitrogens with zero attached hydrogens (tertiary/aromatic N) is 6. The van der Waals surface area contributed by atoms with Gasteiger partial charge in [0.25, 0.3) is 5.91 Å². The second kappa shape index (κ2) is 6.79. The fourth-order valence-corrected chi connectivity index (χ4v) is 2.86. The molecule has 0 atom stereocenters. The zero-order valence-electron chi connectivity index (χ0n) is 14.4. The normalized spacial score (nSPS) is 11.0. The molecule has 4 aromatic rings. The van der Waals surface area contributed by atoms with Crippen LogP contribution in [0, 0.1) is 0 Å². The van der Waals surface area contributed by atoms with Crippen LogP contribution >= 0.6 is 0 Å². The summed E-state index contributed by atoms with van der Waals surface area (Å²) < 4.78 is 3.51. The molecule has 1 amide bonds. The van der Waals surface area contributed by atoms with Gasteiger partial charge in [0.05, 0.1) is 18.4 Å². The number of benzene rings is 1. The number of hydrogen-bond donors (Lipinski definition) is 0. The third-order valence-corrected chi connectivity index (χ3v) is 4.27. The Morgan fingerprint density at radius 1 is 1.08 bits per heavy atom. The zero-order valence-corrected chi connectivity index (χ0v) is 14.4. The molecule has 7 heteroatoms. The van der Waals surface area contributed by atoms with Crippen LogP contribution in [0.2, 0.25) is 0 Å². The van der Waals surface area contributed by atoms with Gasteiger partial charge < -0.3 is 4.90 Å². The molecule has 4 rings (SSSR count). The van der Waals surface area contributed by atoms with Crippen LogP contribution in [0.4, 0.5) is 0 Å². The van der Waals surface area contributed by atoms with Crippen molar-refractivity contribution in [2.75, 3.05) is 13.6 Å². The Morgan fingerprint density at radius 2 is 1.92 bits per heavy atom. The van der Waals surface area contributed by atoms with Crippen molar-refractivity contribution in [2.24, 2.45) is 0 Å². The van der Waals surface area contributed by atoms with Crippen molar-refractivity contribution in [3.8, 4) is 11.3 Å². The van der Waals surface area contributed by atoms with E-state index < -0.39 is 0 Å². The van der Waals surface area contributed by atoms with Crippen molar-refractivity contribution >= 4 is 11.6 Å². The fraction of sp³-hybridized carbons (Fsp3) is 0.158. The smallest absolute Gasteiger partial charge is 0.259 e. The molecular weight excluding hydrogens is 328 g/mol. The van der Waals surface area contributed by atoms with Crippen molar-refractivity contribution in [1.29, 1.82) is 0 Å². The summed E-state index contributed by atoms with van der Waals surface area (Å²) in [5.74, 6) is -0.107. The summed E-state index contributed by atoms with van der Waals surface area (Å²) in [6, 6.07) is 13.7. The van der Waals surface area contributed by atoms with E-state index >= 15 is 0 Å². The highest BCUT2D eigenvalue weighted by atomic mass is 16.2. The Balaban J connectivity index is 1.62. The minimum absolute atomic E-state index is 0.107. The second-order valence-corrected chi connectivity index (χ2v) is 5.99. The van der Waals surface area contributed by atoms with E-state index in [-0.39, 0.29) is 5.91 Å². The molecule has 3 heterocycles. The minimum Gasteiger partial charge on any atom is -0.340 e. The van der Waals surface area contributed by atoms with Gasteiger partial charge in [0.15, 0.2) is 5.65 Å². The molecule has 0 bridgehead atoms. The first kappa shape index (κ1) is 16.0. The van der Waals surface area contributed by atoms with E-state index in [2.05, 4.69) is 15.2 Å². The number of aromatic nitrogens is 5. The van der Waals surface area contributed by atoms with Crippen molar-refractivity contribution in [3.05, 3.63) is 72.8 Å². The summed E-state index contributed by atoms with van der Waals surface area (Å²) in [5, 5.41) is 8.55. The molecule has 0 fully saturated rings. The molecule has 26 heavy (non-hydrogen) atoms. The third-order valence-electron chi connectivity index (χ3n) is 4.27. The van der Waals surface area contributed by atoms with Gasteiger partial charge in [-0.1, -0.05) is 30.3 Å². The SMILES string of the molecule is CN(CCn1cccn1)C(=O)c1cnn2c(-c3ccccc3)ccnc12. The summed E-state index contributed by atoms with van der Waals surface area (Å²) in [6.07, 6.45) is 6.89. The Morgan fingerprint density at radius 3 is 2.69 bits per heavy atom. The monoisotopic (exact) mass is 346 g/mol. The van der Waals surface area contributed by atoms with Gasteiger partial charge in [-0.3, -0.25) is 9.48 Å². The van der Waals surface area contributed by atoms with Crippen LogP contribution in [-0.4, -0.2) is 48.8 Å². The van der Waals surface area contributed by atoms with Gasteiger partial charge in [-0.05, 0) is 12.1 Å². The highest BCUT2D eigenvalue weighted by Crippen LogP contribution is 2.21. The zero-order chi connectivity index (χ0) is 17.9. The van der Waals surface area contributed by atoms with Crippen molar-refractivity contribution in [3.63, 3.8) is 0 Å². The molecule has 3 aromatic heterocycles. The van der Waals surface area contributed by atoms with E-state index in [0.717, 1.165) is 11.3 Å². The van der Waals surface area contributed by atoms with Gasteiger partial charge in [-0.15, -0.1) is 0 Å². The largest absolute Gasteiger partial charge is 0.340 e. The van der Waals surface area contributed by atoms with Crippen LogP contribution in [0.15, 0.2) is 67.3 Å². The Kier molecular flexibility index (Phi) is 4.18. The highest BCUT2D eigenvalue weighted by molar-refractivity contribution is 5.99. The Labute approximate surface area is 150 Å².